The van der Waals surface area contributed by atoms with Crippen LogP contribution in [0.2, 0.25) is 5.02 Å². The zero-order valence-corrected chi connectivity index (χ0v) is 11.1. The number of fused-ring (bicyclic) bond motifs is 1. The van der Waals surface area contributed by atoms with E-state index in [9.17, 15) is 4.39 Å². The second kappa shape index (κ2) is 4.51. The average molecular weight is 279 g/mol. The molecule has 98 valence electrons. The maximum atomic E-state index is 14.0. The van der Waals surface area contributed by atoms with Crippen molar-refractivity contribution < 1.29 is 13.9 Å². The van der Waals surface area contributed by atoms with Crippen LogP contribution in [0, 0.1) is 5.82 Å². The van der Waals surface area contributed by atoms with Crippen LogP contribution >= 0.6 is 11.6 Å². The summed E-state index contributed by atoms with van der Waals surface area (Å²) in [5.74, 6) is -0.858. The number of benzene rings is 2. The molecule has 0 aromatic heterocycles. The van der Waals surface area contributed by atoms with Crippen LogP contribution in [-0.4, -0.2) is 0 Å². The van der Waals surface area contributed by atoms with Crippen molar-refractivity contribution >= 4 is 11.6 Å². The lowest BCUT2D eigenvalue weighted by atomic mass is 10.0. The van der Waals surface area contributed by atoms with Gasteiger partial charge in [-0.05, 0) is 24.3 Å². The van der Waals surface area contributed by atoms with Crippen molar-refractivity contribution in [2.75, 3.05) is 0 Å². The van der Waals surface area contributed by atoms with Crippen molar-refractivity contribution in [3.63, 3.8) is 0 Å². The summed E-state index contributed by atoms with van der Waals surface area (Å²) < 4.78 is 25.5. The van der Waals surface area contributed by atoms with E-state index in [2.05, 4.69) is 0 Å². The van der Waals surface area contributed by atoms with Crippen LogP contribution in [-0.2, 0) is 17.1 Å². The summed E-state index contributed by atoms with van der Waals surface area (Å²) in [6.07, 6.45) is 0. The zero-order chi connectivity index (χ0) is 13.5. The first-order valence-electron chi connectivity index (χ1n) is 5.95. The molecule has 1 aliphatic heterocycles. The molecule has 0 amide bonds. The highest BCUT2D eigenvalue weighted by molar-refractivity contribution is 6.30. The minimum atomic E-state index is -1.14. The van der Waals surface area contributed by atoms with E-state index in [4.69, 9.17) is 21.1 Å². The highest BCUT2D eigenvalue weighted by Crippen LogP contribution is 2.38. The molecule has 2 aromatic rings. The smallest absolute Gasteiger partial charge is 0.237 e. The molecular weight excluding hydrogens is 267 g/mol. The van der Waals surface area contributed by atoms with Gasteiger partial charge in [-0.3, -0.25) is 0 Å². The van der Waals surface area contributed by atoms with Gasteiger partial charge in [-0.15, -0.1) is 0 Å². The molecule has 0 spiro atoms. The molecule has 0 N–H and O–H groups in total. The molecule has 0 bridgehead atoms. The summed E-state index contributed by atoms with van der Waals surface area (Å²) in [6.45, 7) is 2.09. The second-order valence-corrected chi connectivity index (χ2v) is 5.00. The van der Waals surface area contributed by atoms with Crippen LogP contribution in [0.25, 0.3) is 0 Å². The standard InChI is InChI=1S/C15H12ClFO2/c1-15(12-7-6-11(16)8-13(12)17)18-9-10-4-2-3-5-14(10)19-15/h2-8H,9H2,1H3. The Morgan fingerprint density at radius 2 is 2.00 bits per heavy atom. The van der Waals surface area contributed by atoms with Crippen molar-refractivity contribution in [1.82, 2.24) is 0 Å². The van der Waals surface area contributed by atoms with Gasteiger partial charge >= 0.3 is 0 Å². The Morgan fingerprint density at radius 1 is 1.21 bits per heavy atom. The van der Waals surface area contributed by atoms with Gasteiger partial charge in [0.15, 0.2) is 0 Å². The number of para-hydroxylation sites is 1. The fourth-order valence-electron chi connectivity index (χ4n) is 2.17. The monoisotopic (exact) mass is 278 g/mol. The summed E-state index contributed by atoms with van der Waals surface area (Å²) in [5, 5.41) is 0.348. The number of halogens is 2. The molecule has 1 aliphatic rings. The molecule has 0 saturated heterocycles. The van der Waals surface area contributed by atoms with Crippen molar-refractivity contribution in [3.8, 4) is 5.75 Å². The van der Waals surface area contributed by atoms with E-state index < -0.39 is 11.6 Å². The fourth-order valence-corrected chi connectivity index (χ4v) is 2.33. The van der Waals surface area contributed by atoms with Crippen LogP contribution in [0.1, 0.15) is 18.1 Å². The van der Waals surface area contributed by atoms with Crippen molar-refractivity contribution in [3.05, 3.63) is 64.4 Å². The maximum absolute atomic E-state index is 14.0. The predicted octanol–water partition coefficient (Wildman–Crippen LogP) is 4.26. The first-order chi connectivity index (χ1) is 9.08. The van der Waals surface area contributed by atoms with Gasteiger partial charge in [-0.2, -0.15) is 0 Å². The average Bonchev–Trinajstić information content (AvgIpc) is 2.38. The lowest BCUT2D eigenvalue weighted by Gasteiger charge is -2.36. The third-order valence-electron chi connectivity index (χ3n) is 3.20. The van der Waals surface area contributed by atoms with Crippen LogP contribution < -0.4 is 4.74 Å². The molecule has 1 heterocycles. The van der Waals surface area contributed by atoms with Gasteiger partial charge in [-0.1, -0.05) is 29.8 Å². The SMILES string of the molecule is CC1(c2ccc(Cl)cc2F)OCc2ccccc2O1. The summed E-state index contributed by atoms with van der Waals surface area (Å²) in [7, 11) is 0. The minimum absolute atomic E-state index is 0.339. The van der Waals surface area contributed by atoms with Crippen LogP contribution in [0.15, 0.2) is 42.5 Å². The summed E-state index contributed by atoms with van der Waals surface area (Å²) in [5.41, 5.74) is 1.29. The molecule has 1 atom stereocenters. The Kier molecular flexibility index (Phi) is 2.96. The molecule has 4 heteroatoms. The van der Waals surface area contributed by atoms with E-state index in [1.165, 1.54) is 6.07 Å². The summed E-state index contributed by atoms with van der Waals surface area (Å²) >= 11 is 5.76. The molecule has 1 unspecified atom stereocenters. The number of ether oxygens (including phenoxy) is 2. The zero-order valence-electron chi connectivity index (χ0n) is 10.3. The van der Waals surface area contributed by atoms with Gasteiger partial charge in [0.05, 0.1) is 12.2 Å². The molecule has 3 rings (SSSR count). The molecule has 0 radical (unpaired) electrons. The van der Waals surface area contributed by atoms with E-state index in [1.807, 2.05) is 24.3 Å². The first kappa shape index (κ1) is 12.5. The Hall–Kier alpha value is -1.58. The van der Waals surface area contributed by atoms with Crippen molar-refractivity contribution in [2.45, 2.75) is 19.3 Å². The van der Waals surface area contributed by atoms with Gasteiger partial charge in [0, 0.05) is 17.5 Å². The molecule has 19 heavy (non-hydrogen) atoms. The van der Waals surface area contributed by atoms with Crippen molar-refractivity contribution in [1.29, 1.82) is 0 Å². The van der Waals surface area contributed by atoms with Crippen molar-refractivity contribution in [2.24, 2.45) is 0 Å². The minimum Gasteiger partial charge on any atom is -0.458 e. The largest absolute Gasteiger partial charge is 0.458 e. The second-order valence-electron chi connectivity index (χ2n) is 4.57. The van der Waals surface area contributed by atoms with E-state index in [0.717, 1.165) is 5.56 Å². The summed E-state index contributed by atoms with van der Waals surface area (Å²) in [4.78, 5) is 0. The van der Waals surface area contributed by atoms with Gasteiger partial charge in [-0.25, -0.2) is 4.39 Å². The highest BCUT2D eigenvalue weighted by atomic mass is 35.5. The van der Waals surface area contributed by atoms with E-state index in [0.29, 0.717) is 22.9 Å². The Morgan fingerprint density at radius 3 is 2.79 bits per heavy atom. The maximum Gasteiger partial charge on any atom is 0.237 e. The van der Waals surface area contributed by atoms with Gasteiger partial charge in [0.1, 0.15) is 11.6 Å². The normalized spacial score (nSPS) is 21.6. The van der Waals surface area contributed by atoms with E-state index in [1.54, 1.807) is 19.1 Å². The quantitative estimate of drug-likeness (QED) is 0.776. The van der Waals surface area contributed by atoms with Gasteiger partial charge in [0.25, 0.3) is 0 Å². The van der Waals surface area contributed by atoms with Crippen LogP contribution in [0.4, 0.5) is 4.39 Å². The number of rotatable bonds is 1. The third-order valence-corrected chi connectivity index (χ3v) is 3.44. The van der Waals surface area contributed by atoms with E-state index >= 15 is 0 Å². The molecule has 2 nitrogen and oxygen atoms in total. The number of hydrogen-bond donors (Lipinski definition) is 0. The van der Waals surface area contributed by atoms with Gasteiger partial charge < -0.3 is 9.47 Å². The number of hydrogen-bond acceptors (Lipinski definition) is 2. The lowest BCUT2D eigenvalue weighted by molar-refractivity contribution is -0.203. The van der Waals surface area contributed by atoms with E-state index in [-0.39, 0.29) is 0 Å². The Balaban J connectivity index is 2.01. The lowest BCUT2D eigenvalue weighted by Crippen LogP contribution is -2.37. The molecular formula is C15H12ClFO2. The first-order valence-corrected chi connectivity index (χ1v) is 6.33. The Labute approximate surface area is 115 Å². The fraction of sp³-hybridized carbons (Fsp3) is 0.200. The Bertz CT molecular complexity index is 629. The molecule has 2 aromatic carbocycles. The molecule has 0 saturated carbocycles. The summed E-state index contributed by atoms with van der Waals surface area (Å²) in [6, 6.07) is 12.0. The molecule has 0 aliphatic carbocycles. The highest BCUT2D eigenvalue weighted by Gasteiger charge is 2.36. The van der Waals surface area contributed by atoms with Crippen LogP contribution in [0.5, 0.6) is 5.75 Å². The third kappa shape index (κ3) is 2.20. The topological polar surface area (TPSA) is 18.5 Å². The van der Waals surface area contributed by atoms with Crippen LogP contribution in [0.3, 0.4) is 0 Å². The van der Waals surface area contributed by atoms with Gasteiger partial charge in [0.2, 0.25) is 5.79 Å². The predicted molar refractivity (Wildman–Crippen MR) is 70.6 cm³/mol. The molecule has 0 fully saturated rings.